The van der Waals surface area contributed by atoms with Gasteiger partial charge in [-0.2, -0.15) is 0 Å². The van der Waals surface area contributed by atoms with Crippen molar-refractivity contribution < 1.29 is 9.47 Å². The van der Waals surface area contributed by atoms with E-state index in [1.165, 1.54) is 6.42 Å². The zero-order chi connectivity index (χ0) is 7.84. The fourth-order valence-corrected chi connectivity index (χ4v) is 1.50. The molecule has 2 aliphatic heterocycles. The molecule has 0 spiro atoms. The lowest BCUT2D eigenvalue weighted by atomic mass is 10.4. The molecule has 0 radical (unpaired) electrons. The normalized spacial score (nSPS) is 47.6. The Kier molecular flexibility index (Phi) is 1.59. The second-order valence-electron chi connectivity index (χ2n) is 2.99. The Morgan fingerprint density at radius 1 is 1.00 bits per heavy atom. The van der Waals surface area contributed by atoms with Gasteiger partial charge in [0.15, 0.2) is 0 Å². The summed E-state index contributed by atoms with van der Waals surface area (Å²) in [6.07, 6.45) is 6.75. The molecule has 3 rings (SSSR count). The lowest BCUT2D eigenvalue weighted by Crippen LogP contribution is -1.92. The first-order chi connectivity index (χ1) is 5.36. The standard InChI is InChI=1S/C5H6O2.C4H6/c1-2-4(6-2)5-3(1)7-5;1-3-4-2/h2-5H,1H2;3-4H,1-2H2. The third-order valence-corrected chi connectivity index (χ3v) is 2.20. The van der Waals surface area contributed by atoms with Crippen molar-refractivity contribution in [2.45, 2.75) is 30.8 Å². The Morgan fingerprint density at radius 2 is 1.45 bits per heavy atom. The molecule has 0 amide bonds. The Morgan fingerprint density at radius 3 is 1.64 bits per heavy atom. The van der Waals surface area contributed by atoms with Crippen LogP contribution >= 0.6 is 0 Å². The first-order valence-electron chi connectivity index (χ1n) is 3.91. The molecule has 11 heavy (non-hydrogen) atoms. The average Bonchev–Trinajstić information content (AvgIpc) is 2.91. The van der Waals surface area contributed by atoms with Crippen LogP contribution in [0.5, 0.6) is 0 Å². The molecule has 2 saturated heterocycles. The van der Waals surface area contributed by atoms with E-state index in [9.17, 15) is 0 Å². The molecule has 4 unspecified atom stereocenters. The summed E-state index contributed by atoms with van der Waals surface area (Å²) in [6.45, 7) is 6.72. The topological polar surface area (TPSA) is 25.1 Å². The highest BCUT2D eigenvalue weighted by Crippen LogP contribution is 2.50. The maximum atomic E-state index is 5.18. The first kappa shape index (κ1) is 7.07. The van der Waals surface area contributed by atoms with Gasteiger partial charge in [0.05, 0.1) is 12.2 Å². The Balaban J connectivity index is 0.000000107. The van der Waals surface area contributed by atoms with E-state index >= 15 is 0 Å². The second-order valence-corrected chi connectivity index (χ2v) is 2.99. The van der Waals surface area contributed by atoms with Crippen molar-refractivity contribution in [2.24, 2.45) is 0 Å². The first-order valence-corrected chi connectivity index (χ1v) is 3.91. The maximum absolute atomic E-state index is 5.18. The summed E-state index contributed by atoms with van der Waals surface area (Å²) in [5.41, 5.74) is 0. The zero-order valence-corrected chi connectivity index (χ0v) is 6.40. The fraction of sp³-hybridized carbons (Fsp3) is 0.556. The Labute approximate surface area is 66.5 Å². The van der Waals surface area contributed by atoms with Crippen molar-refractivity contribution in [3.8, 4) is 0 Å². The van der Waals surface area contributed by atoms with Gasteiger partial charge in [0, 0.05) is 6.42 Å². The monoisotopic (exact) mass is 152 g/mol. The predicted molar refractivity (Wildman–Crippen MR) is 42.3 cm³/mol. The summed E-state index contributed by atoms with van der Waals surface area (Å²) >= 11 is 0. The van der Waals surface area contributed by atoms with E-state index in [2.05, 4.69) is 13.2 Å². The van der Waals surface area contributed by atoms with Crippen LogP contribution in [0.2, 0.25) is 0 Å². The summed E-state index contributed by atoms with van der Waals surface area (Å²) in [6, 6.07) is 0. The molecule has 0 aromatic heterocycles. The van der Waals surface area contributed by atoms with Crippen molar-refractivity contribution in [3.63, 3.8) is 0 Å². The van der Waals surface area contributed by atoms with Gasteiger partial charge in [-0.1, -0.05) is 25.3 Å². The van der Waals surface area contributed by atoms with Gasteiger partial charge in [-0.3, -0.25) is 0 Å². The molecule has 0 aromatic carbocycles. The minimum Gasteiger partial charge on any atom is -0.367 e. The highest BCUT2D eigenvalue weighted by atomic mass is 16.7. The van der Waals surface area contributed by atoms with Crippen LogP contribution in [0.1, 0.15) is 6.42 Å². The van der Waals surface area contributed by atoms with Gasteiger partial charge in [-0.15, -0.1) is 0 Å². The molecule has 2 heteroatoms. The summed E-state index contributed by atoms with van der Waals surface area (Å²) in [5.74, 6) is 0. The van der Waals surface area contributed by atoms with Gasteiger partial charge in [-0.25, -0.2) is 0 Å². The third-order valence-electron chi connectivity index (χ3n) is 2.20. The van der Waals surface area contributed by atoms with Crippen molar-refractivity contribution in [2.75, 3.05) is 0 Å². The molecule has 0 bridgehead atoms. The number of hydrogen-bond donors (Lipinski definition) is 0. The van der Waals surface area contributed by atoms with Crippen LogP contribution in [-0.4, -0.2) is 24.4 Å². The summed E-state index contributed by atoms with van der Waals surface area (Å²) in [4.78, 5) is 0. The van der Waals surface area contributed by atoms with E-state index < -0.39 is 0 Å². The van der Waals surface area contributed by atoms with Gasteiger partial charge in [0.2, 0.25) is 0 Å². The molecular formula is C9H12O2. The van der Waals surface area contributed by atoms with Crippen LogP contribution in [0.15, 0.2) is 25.3 Å². The molecule has 4 atom stereocenters. The van der Waals surface area contributed by atoms with Crippen molar-refractivity contribution in [1.29, 1.82) is 0 Å². The molecule has 3 fully saturated rings. The second kappa shape index (κ2) is 2.47. The Hall–Kier alpha value is -0.600. The van der Waals surface area contributed by atoms with E-state index in [0.717, 1.165) is 0 Å². The van der Waals surface area contributed by atoms with E-state index in [0.29, 0.717) is 24.4 Å². The molecule has 2 heterocycles. The number of epoxide rings is 2. The number of rotatable bonds is 1. The third kappa shape index (κ3) is 1.24. The zero-order valence-electron chi connectivity index (χ0n) is 6.40. The van der Waals surface area contributed by atoms with E-state index in [1.54, 1.807) is 12.2 Å². The predicted octanol–water partition coefficient (Wildman–Crippen LogP) is 1.28. The van der Waals surface area contributed by atoms with Crippen LogP contribution in [0.3, 0.4) is 0 Å². The number of allylic oxidation sites excluding steroid dienone is 2. The van der Waals surface area contributed by atoms with Crippen LogP contribution in [0.4, 0.5) is 0 Å². The summed E-state index contributed by atoms with van der Waals surface area (Å²) in [7, 11) is 0. The average molecular weight is 152 g/mol. The number of fused-ring (bicyclic) bond motifs is 3. The molecule has 2 nitrogen and oxygen atoms in total. The number of hydrogen-bond acceptors (Lipinski definition) is 2. The lowest BCUT2D eigenvalue weighted by Gasteiger charge is -1.78. The molecule has 0 N–H and O–H groups in total. The van der Waals surface area contributed by atoms with Crippen LogP contribution in [0, 0.1) is 0 Å². The molecule has 60 valence electrons. The SMILES string of the molecule is C1C2OC2C2OC12.C=CC=C. The van der Waals surface area contributed by atoms with Gasteiger partial charge in [0.1, 0.15) is 12.2 Å². The highest BCUT2D eigenvalue weighted by molar-refractivity contribution is 5.12. The highest BCUT2D eigenvalue weighted by Gasteiger charge is 2.65. The Bertz CT molecular complexity index is 168. The van der Waals surface area contributed by atoms with Crippen LogP contribution in [-0.2, 0) is 9.47 Å². The molecular weight excluding hydrogens is 140 g/mol. The fourth-order valence-electron chi connectivity index (χ4n) is 1.50. The van der Waals surface area contributed by atoms with Gasteiger partial charge in [0.25, 0.3) is 0 Å². The van der Waals surface area contributed by atoms with E-state index in [1.807, 2.05) is 0 Å². The smallest absolute Gasteiger partial charge is 0.113 e. The number of ether oxygens (including phenoxy) is 2. The minimum absolute atomic E-state index is 0.532. The molecule has 1 saturated carbocycles. The van der Waals surface area contributed by atoms with E-state index in [4.69, 9.17) is 9.47 Å². The van der Waals surface area contributed by atoms with Crippen molar-refractivity contribution in [3.05, 3.63) is 25.3 Å². The molecule has 3 aliphatic rings. The van der Waals surface area contributed by atoms with Crippen LogP contribution in [0.25, 0.3) is 0 Å². The van der Waals surface area contributed by atoms with Crippen molar-refractivity contribution >= 4 is 0 Å². The van der Waals surface area contributed by atoms with Crippen molar-refractivity contribution in [1.82, 2.24) is 0 Å². The van der Waals surface area contributed by atoms with Crippen LogP contribution < -0.4 is 0 Å². The van der Waals surface area contributed by atoms with Gasteiger partial charge in [-0.05, 0) is 0 Å². The minimum atomic E-state index is 0.532. The molecule has 0 aromatic rings. The lowest BCUT2D eigenvalue weighted by molar-refractivity contribution is 0.325. The summed E-state index contributed by atoms with van der Waals surface area (Å²) in [5, 5.41) is 0. The van der Waals surface area contributed by atoms with E-state index in [-0.39, 0.29) is 0 Å². The molecule has 1 aliphatic carbocycles. The van der Waals surface area contributed by atoms with Gasteiger partial charge >= 0.3 is 0 Å². The largest absolute Gasteiger partial charge is 0.367 e. The summed E-state index contributed by atoms with van der Waals surface area (Å²) < 4.78 is 10.4. The van der Waals surface area contributed by atoms with Gasteiger partial charge < -0.3 is 9.47 Å². The quantitative estimate of drug-likeness (QED) is 0.417. The maximum Gasteiger partial charge on any atom is 0.113 e.